The largest absolute Gasteiger partial charge is 0.507 e. The van der Waals surface area contributed by atoms with Crippen molar-refractivity contribution in [2.75, 3.05) is 25.7 Å². The van der Waals surface area contributed by atoms with Gasteiger partial charge in [-0.05, 0) is 55.5 Å². The molecule has 1 amide bonds. The van der Waals surface area contributed by atoms with E-state index in [2.05, 4.69) is 4.98 Å². The zero-order valence-electron chi connectivity index (χ0n) is 20.4. The Labute approximate surface area is 217 Å². The minimum atomic E-state index is -0.954. The van der Waals surface area contributed by atoms with Gasteiger partial charge in [-0.1, -0.05) is 29.5 Å². The van der Waals surface area contributed by atoms with Crippen molar-refractivity contribution in [3.63, 3.8) is 0 Å². The maximum Gasteiger partial charge on any atom is 0.301 e. The maximum atomic E-state index is 13.5. The summed E-state index contributed by atoms with van der Waals surface area (Å²) >= 11 is 1.27. The van der Waals surface area contributed by atoms with Gasteiger partial charge in [0, 0.05) is 11.1 Å². The first kappa shape index (κ1) is 24.3. The number of anilines is 1. The lowest BCUT2D eigenvalue weighted by Gasteiger charge is -2.24. The number of carbonyl (C=O) groups excluding carboxylic acids is 2. The monoisotopic (exact) mass is 516 g/mol. The van der Waals surface area contributed by atoms with Crippen molar-refractivity contribution in [1.29, 1.82) is 0 Å². The molecule has 2 heterocycles. The fourth-order valence-electron chi connectivity index (χ4n) is 4.37. The molecule has 0 saturated carbocycles. The lowest BCUT2D eigenvalue weighted by Crippen LogP contribution is -2.29. The van der Waals surface area contributed by atoms with Crippen molar-refractivity contribution in [2.45, 2.75) is 13.0 Å². The molecular weight excluding hydrogens is 492 g/mol. The maximum absolute atomic E-state index is 13.5. The van der Waals surface area contributed by atoms with Crippen LogP contribution in [0.3, 0.4) is 0 Å². The van der Waals surface area contributed by atoms with Crippen molar-refractivity contribution >= 4 is 44.1 Å². The molecule has 1 atom stereocenters. The number of carbonyl (C=O) groups is 2. The molecule has 1 aromatic heterocycles. The average Bonchev–Trinajstić information content (AvgIpc) is 3.46. The van der Waals surface area contributed by atoms with Crippen molar-refractivity contribution < 1.29 is 28.9 Å². The number of nitrogens with zero attached hydrogens (tertiary/aromatic N) is 2. The van der Waals surface area contributed by atoms with Crippen LogP contribution in [-0.4, -0.2) is 42.6 Å². The molecule has 1 saturated heterocycles. The average molecular weight is 517 g/mol. The lowest BCUT2D eigenvalue weighted by atomic mass is 9.94. The highest BCUT2D eigenvalue weighted by molar-refractivity contribution is 7.22. The Bertz CT molecular complexity index is 1530. The number of fused-ring (bicyclic) bond motifs is 1. The predicted molar refractivity (Wildman–Crippen MR) is 142 cm³/mol. The summed E-state index contributed by atoms with van der Waals surface area (Å²) < 4.78 is 17.2. The highest BCUT2D eigenvalue weighted by atomic mass is 32.1. The first-order valence-corrected chi connectivity index (χ1v) is 12.4. The van der Waals surface area contributed by atoms with Gasteiger partial charge in [0.15, 0.2) is 5.13 Å². The second-order valence-corrected chi connectivity index (χ2v) is 9.21. The molecule has 5 rings (SSSR count). The number of aromatic nitrogens is 1. The summed E-state index contributed by atoms with van der Waals surface area (Å²) in [7, 11) is 3.05. The van der Waals surface area contributed by atoms with Gasteiger partial charge in [0.1, 0.15) is 29.0 Å². The lowest BCUT2D eigenvalue weighted by molar-refractivity contribution is -0.132. The van der Waals surface area contributed by atoms with E-state index in [9.17, 15) is 14.7 Å². The summed E-state index contributed by atoms with van der Waals surface area (Å²) in [5.41, 5.74) is 1.55. The Balaban J connectivity index is 1.71. The number of hydrogen-bond acceptors (Lipinski definition) is 8. The van der Waals surface area contributed by atoms with Crippen LogP contribution in [0.4, 0.5) is 5.13 Å². The Kier molecular flexibility index (Phi) is 6.54. The predicted octanol–water partition coefficient (Wildman–Crippen LogP) is 5.34. The van der Waals surface area contributed by atoms with Crippen LogP contribution in [0, 0.1) is 0 Å². The summed E-state index contributed by atoms with van der Waals surface area (Å²) in [5.74, 6) is -0.125. The molecule has 37 heavy (non-hydrogen) atoms. The molecule has 8 nitrogen and oxygen atoms in total. The molecular formula is C28H24N2O6S. The van der Waals surface area contributed by atoms with Gasteiger partial charge in [-0.25, -0.2) is 4.98 Å². The molecule has 1 N–H and O–H groups in total. The fraction of sp³-hybridized carbons (Fsp3) is 0.179. The van der Waals surface area contributed by atoms with E-state index in [-0.39, 0.29) is 11.3 Å². The molecule has 9 heteroatoms. The van der Waals surface area contributed by atoms with Crippen LogP contribution in [0.5, 0.6) is 17.2 Å². The zero-order chi connectivity index (χ0) is 26.1. The van der Waals surface area contributed by atoms with E-state index in [1.807, 2.05) is 25.1 Å². The van der Waals surface area contributed by atoms with E-state index in [0.717, 1.165) is 4.70 Å². The summed E-state index contributed by atoms with van der Waals surface area (Å²) in [6, 6.07) is 18.2. The number of para-hydroxylation sites is 1. The van der Waals surface area contributed by atoms with Gasteiger partial charge in [-0.2, -0.15) is 0 Å². The van der Waals surface area contributed by atoms with Crippen LogP contribution >= 0.6 is 11.3 Å². The number of thiazole rings is 1. The van der Waals surface area contributed by atoms with E-state index >= 15 is 0 Å². The first-order valence-electron chi connectivity index (χ1n) is 11.6. The molecule has 1 fully saturated rings. The highest BCUT2D eigenvalue weighted by Crippen LogP contribution is 2.46. The second kappa shape index (κ2) is 9.94. The fourth-order valence-corrected chi connectivity index (χ4v) is 5.39. The van der Waals surface area contributed by atoms with Gasteiger partial charge >= 0.3 is 5.91 Å². The summed E-state index contributed by atoms with van der Waals surface area (Å²) in [5, 5.41) is 11.7. The molecule has 1 aliphatic heterocycles. The number of aliphatic hydroxyl groups is 1. The molecule has 3 aromatic carbocycles. The summed E-state index contributed by atoms with van der Waals surface area (Å²) in [6.07, 6.45) is 0. The van der Waals surface area contributed by atoms with E-state index in [1.165, 1.54) is 30.5 Å². The number of methoxy groups -OCH3 is 2. The van der Waals surface area contributed by atoms with Gasteiger partial charge in [0.25, 0.3) is 5.78 Å². The quantitative estimate of drug-likeness (QED) is 0.201. The minimum Gasteiger partial charge on any atom is -0.507 e. The first-order chi connectivity index (χ1) is 18.0. The number of ketones is 1. The van der Waals surface area contributed by atoms with Gasteiger partial charge in [-0.3, -0.25) is 14.5 Å². The number of amides is 1. The SMILES string of the molecule is CCOc1ccc2nc(N3C(=O)C(=O)C(=C(O)c4ccc(OC)cc4)C3c3ccccc3OC)sc2c1. The van der Waals surface area contributed by atoms with Crippen LogP contribution in [0.15, 0.2) is 72.3 Å². The number of benzene rings is 3. The van der Waals surface area contributed by atoms with Crippen LogP contribution in [0.2, 0.25) is 0 Å². The summed E-state index contributed by atoms with van der Waals surface area (Å²) in [4.78, 5) is 32.9. The number of hydrogen-bond donors (Lipinski definition) is 1. The van der Waals surface area contributed by atoms with Crippen LogP contribution in [0.25, 0.3) is 16.0 Å². The van der Waals surface area contributed by atoms with Gasteiger partial charge < -0.3 is 19.3 Å². The van der Waals surface area contributed by atoms with Crippen molar-refractivity contribution in [3.05, 3.63) is 83.4 Å². The third kappa shape index (κ3) is 4.27. The molecule has 188 valence electrons. The topological polar surface area (TPSA) is 98.2 Å². The zero-order valence-corrected chi connectivity index (χ0v) is 21.2. The Morgan fingerprint density at radius 2 is 1.73 bits per heavy atom. The van der Waals surface area contributed by atoms with E-state index in [1.54, 1.807) is 48.5 Å². The van der Waals surface area contributed by atoms with E-state index in [4.69, 9.17) is 14.2 Å². The van der Waals surface area contributed by atoms with Gasteiger partial charge in [0.2, 0.25) is 0 Å². The van der Waals surface area contributed by atoms with Crippen LogP contribution in [0.1, 0.15) is 24.1 Å². The number of rotatable bonds is 7. The Morgan fingerprint density at radius 3 is 2.43 bits per heavy atom. The highest BCUT2D eigenvalue weighted by Gasteiger charge is 2.49. The van der Waals surface area contributed by atoms with Gasteiger partial charge in [0.05, 0.1) is 36.6 Å². The Morgan fingerprint density at radius 1 is 1.00 bits per heavy atom. The number of ether oxygens (including phenoxy) is 3. The van der Waals surface area contributed by atoms with Crippen LogP contribution < -0.4 is 19.1 Å². The molecule has 1 aliphatic rings. The van der Waals surface area contributed by atoms with E-state index in [0.29, 0.717) is 45.6 Å². The van der Waals surface area contributed by atoms with Gasteiger partial charge in [-0.15, -0.1) is 0 Å². The smallest absolute Gasteiger partial charge is 0.301 e. The Hall–Kier alpha value is -4.37. The minimum absolute atomic E-state index is 0.0473. The van der Waals surface area contributed by atoms with Crippen molar-refractivity contribution in [3.8, 4) is 17.2 Å². The summed E-state index contributed by atoms with van der Waals surface area (Å²) in [6.45, 7) is 2.42. The molecule has 0 bridgehead atoms. The van der Waals surface area contributed by atoms with Crippen LogP contribution in [-0.2, 0) is 9.59 Å². The van der Waals surface area contributed by atoms with Crippen molar-refractivity contribution in [1.82, 2.24) is 4.98 Å². The normalized spacial score (nSPS) is 16.8. The molecule has 0 spiro atoms. The molecule has 1 unspecified atom stereocenters. The second-order valence-electron chi connectivity index (χ2n) is 8.20. The third-order valence-corrected chi connectivity index (χ3v) is 7.12. The molecule has 0 radical (unpaired) electrons. The molecule has 0 aliphatic carbocycles. The molecule has 4 aromatic rings. The third-order valence-electron chi connectivity index (χ3n) is 6.11. The van der Waals surface area contributed by atoms with Crippen molar-refractivity contribution in [2.24, 2.45) is 0 Å². The standard InChI is InChI=1S/C28H24N2O6S/c1-4-36-18-13-14-20-22(15-18)37-28(29-20)30-24(19-7-5-6-8-21(19)35-3)23(26(32)27(30)33)25(31)16-9-11-17(34-2)12-10-16/h5-15,24,31H,4H2,1-3H3. The van der Waals surface area contributed by atoms with E-state index < -0.39 is 17.7 Å². The number of Topliss-reactive ketones (excluding diaryl/α,β-unsaturated/α-hetero) is 1. The number of aliphatic hydroxyl groups excluding tert-OH is 1.